The molecule has 0 saturated heterocycles. The normalized spacial score (nSPS) is 11.8. The number of alkyl halides is 1. The van der Waals surface area contributed by atoms with E-state index in [1.807, 2.05) is 0 Å². The van der Waals surface area contributed by atoms with Gasteiger partial charge in [-0.25, -0.2) is 8.42 Å². The van der Waals surface area contributed by atoms with Gasteiger partial charge in [0.15, 0.2) is 5.15 Å². The molecular weight excluding hydrogens is 375 g/mol. The van der Waals surface area contributed by atoms with Crippen molar-refractivity contribution in [2.45, 2.75) is 11.4 Å². The molecule has 0 bridgehead atoms. The van der Waals surface area contributed by atoms with Crippen molar-refractivity contribution in [1.82, 2.24) is 14.8 Å². The van der Waals surface area contributed by atoms with E-state index in [1.54, 1.807) is 25.3 Å². The first-order valence-electron chi connectivity index (χ1n) is 6.91. The summed E-state index contributed by atoms with van der Waals surface area (Å²) in [6.07, 6.45) is 2.77. The van der Waals surface area contributed by atoms with Gasteiger partial charge in [-0.3, -0.25) is 9.40 Å². The van der Waals surface area contributed by atoms with Crippen LogP contribution in [0.15, 0.2) is 35.5 Å². The number of sulfonamides is 1. The van der Waals surface area contributed by atoms with E-state index in [0.29, 0.717) is 29.1 Å². The van der Waals surface area contributed by atoms with Crippen molar-refractivity contribution in [3.05, 3.63) is 35.7 Å². The quantitative estimate of drug-likeness (QED) is 0.635. The van der Waals surface area contributed by atoms with Crippen molar-refractivity contribution in [2.24, 2.45) is 0 Å². The molecule has 24 heavy (non-hydrogen) atoms. The number of aromatic nitrogens is 3. The van der Waals surface area contributed by atoms with Crippen LogP contribution < -0.4 is 9.46 Å². The van der Waals surface area contributed by atoms with Crippen LogP contribution in [0.3, 0.4) is 0 Å². The largest absolute Gasteiger partial charge is 0.497 e. The molecule has 128 valence electrons. The predicted molar refractivity (Wildman–Crippen MR) is 93.6 cm³/mol. The number of nitrogens with zero attached hydrogens (tertiary/aromatic N) is 2. The molecule has 0 spiro atoms. The van der Waals surface area contributed by atoms with Gasteiger partial charge in [-0.1, -0.05) is 11.6 Å². The zero-order chi connectivity index (χ0) is 17.3. The summed E-state index contributed by atoms with van der Waals surface area (Å²) in [5.74, 6) is 0.948. The molecule has 0 atom stereocenters. The first-order valence-corrected chi connectivity index (χ1v) is 9.31. The van der Waals surface area contributed by atoms with Gasteiger partial charge in [0, 0.05) is 23.5 Å². The average molecular weight is 389 g/mol. The highest BCUT2D eigenvalue weighted by atomic mass is 35.5. The zero-order valence-corrected chi connectivity index (χ0v) is 14.9. The van der Waals surface area contributed by atoms with Gasteiger partial charge >= 0.3 is 0 Å². The number of aryl methyl sites for hydroxylation is 1. The van der Waals surface area contributed by atoms with Crippen LogP contribution in [0.5, 0.6) is 5.75 Å². The fourth-order valence-electron chi connectivity index (χ4n) is 2.30. The van der Waals surface area contributed by atoms with Gasteiger partial charge in [0.2, 0.25) is 0 Å². The Balaban J connectivity index is 1.96. The number of fused-ring (bicyclic) bond motifs is 1. The molecule has 0 radical (unpaired) electrons. The summed E-state index contributed by atoms with van der Waals surface area (Å²) in [7, 11) is -2.29. The Kier molecular flexibility index (Phi) is 4.62. The number of aromatic amines is 1. The fraction of sp³-hybridized carbons (Fsp3) is 0.214. The van der Waals surface area contributed by atoms with Crippen LogP contribution >= 0.6 is 23.2 Å². The second-order valence-electron chi connectivity index (χ2n) is 4.93. The van der Waals surface area contributed by atoms with E-state index < -0.39 is 10.0 Å². The monoisotopic (exact) mass is 388 g/mol. The molecule has 3 rings (SSSR count). The number of hydrogen-bond acceptors (Lipinski definition) is 4. The summed E-state index contributed by atoms with van der Waals surface area (Å²) in [6, 6.07) is 5.10. The molecule has 0 amide bonds. The van der Waals surface area contributed by atoms with Gasteiger partial charge < -0.3 is 9.72 Å². The van der Waals surface area contributed by atoms with Gasteiger partial charge in [0.25, 0.3) is 10.0 Å². The summed E-state index contributed by atoms with van der Waals surface area (Å²) in [6.45, 7) is 0.384. The molecule has 0 unspecified atom stereocenters. The lowest BCUT2D eigenvalue weighted by Gasteiger charge is -2.06. The van der Waals surface area contributed by atoms with Gasteiger partial charge in [-0.2, -0.15) is 5.10 Å². The van der Waals surface area contributed by atoms with Crippen molar-refractivity contribution >= 4 is 49.8 Å². The second-order valence-corrected chi connectivity index (χ2v) is 7.32. The molecule has 2 aromatic heterocycles. The Hall–Kier alpha value is -1.90. The van der Waals surface area contributed by atoms with Crippen LogP contribution in [0.2, 0.25) is 5.15 Å². The Morgan fingerprint density at radius 2 is 2.21 bits per heavy atom. The maximum atomic E-state index is 12.7. The van der Waals surface area contributed by atoms with Gasteiger partial charge in [-0.15, -0.1) is 11.6 Å². The second kappa shape index (κ2) is 6.54. The fourth-order valence-corrected chi connectivity index (χ4v) is 3.97. The van der Waals surface area contributed by atoms with E-state index in [-0.39, 0.29) is 15.7 Å². The molecule has 7 nitrogen and oxygen atoms in total. The summed E-state index contributed by atoms with van der Waals surface area (Å²) in [5.41, 5.74) is 0.850. The van der Waals surface area contributed by atoms with Crippen molar-refractivity contribution in [3.63, 3.8) is 0 Å². The molecule has 10 heteroatoms. The number of nitrogens with one attached hydrogen (secondary N) is 2. The molecule has 0 aliphatic rings. The predicted octanol–water partition coefficient (Wildman–Crippen LogP) is 3.07. The van der Waals surface area contributed by atoms with Crippen molar-refractivity contribution in [2.75, 3.05) is 17.7 Å². The standard InChI is InChI=1S/C14H14Cl2N4O3S/c1-23-9-2-3-10-11(6-9)17-8-13(10)24(21,22)19-12-7-18-20(5-4-15)14(12)16/h2-3,6-8,17,19H,4-5H2,1H3. The maximum Gasteiger partial charge on any atom is 0.264 e. The van der Waals surface area contributed by atoms with Gasteiger partial charge in [-0.05, 0) is 12.1 Å². The highest BCUT2D eigenvalue weighted by Crippen LogP contribution is 2.29. The summed E-state index contributed by atoms with van der Waals surface area (Å²) >= 11 is 11.8. The summed E-state index contributed by atoms with van der Waals surface area (Å²) < 4.78 is 34.3. The first-order chi connectivity index (χ1) is 11.5. The lowest BCUT2D eigenvalue weighted by molar-refractivity contribution is 0.415. The van der Waals surface area contributed by atoms with E-state index >= 15 is 0 Å². The molecule has 0 fully saturated rings. The summed E-state index contributed by atoms with van der Waals surface area (Å²) in [4.78, 5) is 3.04. The third-order valence-electron chi connectivity index (χ3n) is 3.46. The van der Waals surface area contributed by atoms with E-state index in [1.165, 1.54) is 17.1 Å². The van der Waals surface area contributed by atoms with Gasteiger partial charge in [0.1, 0.15) is 16.3 Å². The van der Waals surface area contributed by atoms with Crippen molar-refractivity contribution < 1.29 is 13.2 Å². The molecule has 0 aliphatic heterocycles. The smallest absolute Gasteiger partial charge is 0.264 e. The SMILES string of the molecule is COc1ccc2c(S(=O)(=O)Nc3cnn(CCCl)c3Cl)c[nH]c2c1. The average Bonchev–Trinajstić information content (AvgIpc) is 3.13. The number of ether oxygens (including phenoxy) is 1. The van der Waals surface area contributed by atoms with Crippen LogP contribution in [0.4, 0.5) is 5.69 Å². The molecule has 0 aliphatic carbocycles. The molecule has 2 N–H and O–H groups in total. The van der Waals surface area contributed by atoms with Crippen LogP contribution in [0.25, 0.3) is 10.9 Å². The zero-order valence-electron chi connectivity index (χ0n) is 12.6. The van der Waals surface area contributed by atoms with E-state index in [4.69, 9.17) is 27.9 Å². The number of rotatable bonds is 6. The minimum Gasteiger partial charge on any atom is -0.497 e. The number of halogens is 2. The lowest BCUT2D eigenvalue weighted by atomic mass is 10.2. The van der Waals surface area contributed by atoms with E-state index in [2.05, 4.69) is 14.8 Å². The van der Waals surface area contributed by atoms with Crippen LogP contribution in [0.1, 0.15) is 0 Å². The van der Waals surface area contributed by atoms with Gasteiger partial charge in [0.05, 0.1) is 25.4 Å². The number of benzene rings is 1. The summed E-state index contributed by atoms with van der Waals surface area (Å²) in [5, 5.41) is 4.73. The molecule has 0 saturated carbocycles. The number of hydrogen-bond donors (Lipinski definition) is 2. The van der Waals surface area contributed by atoms with Crippen molar-refractivity contribution in [1.29, 1.82) is 0 Å². The number of H-pyrrole nitrogens is 1. The Bertz CT molecular complexity index is 981. The minimum atomic E-state index is -3.83. The highest BCUT2D eigenvalue weighted by molar-refractivity contribution is 7.93. The Labute approximate surface area is 148 Å². The molecule has 3 aromatic rings. The third-order valence-corrected chi connectivity index (χ3v) is 5.43. The van der Waals surface area contributed by atoms with E-state index in [0.717, 1.165) is 0 Å². The topological polar surface area (TPSA) is 89.0 Å². The minimum absolute atomic E-state index is 0.112. The van der Waals surface area contributed by atoms with Crippen LogP contribution in [-0.4, -0.2) is 36.2 Å². The van der Waals surface area contributed by atoms with Crippen LogP contribution in [-0.2, 0) is 16.6 Å². The number of anilines is 1. The van der Waals surface area contributed by atoms with Crippen LogP contribution in [0, 0.1) is 0 Å². The van der Waals surface area contributed by atoms with Crippen molar-refractivity contribution in [3.8, 4) is 5.75 Å². The van der Waals surface area contributed by atoms with E-state index in [9.17, 15) is 8.42 Å². The molecule has 1 aromatic carbocycles. The third kappa shape index (κ3) is 3.04. The molecular formula is C14H14Cl2N4O3S. The first kappa shape index (κ1) is 16.9. The Morgan fingerprint density at radius 3 is 2.92 bits per heavy atom. The molecule has 2 heterocycles. The Morgan fingerprint density at radius 1 is 1.42 bits per heavy atom. The maximum absolute atomic E-state index is 12.7. The highest BCUT2D eigenvalue weighted by Gasteiger charge is 2.22. The number of methoxy groups -OCH3 is 1. The lowest BCUT2D eigenvalue weighted by Crippen LogP contribution is -2.12.